The molecule has 0 bridgehead atoms. The van der Waals surface area contributed by atoms with Gasteiger partial charge >= 0.3 is 0 Å². The van der Waals surface area contributed by atoms with Crippen LogP contribution in [0.25, 0.3) is 0 Å². The van der Waals surface area contributed by atoms with E-state index < -0.39 is 0 Å². The highest BCUT2D eigenvalue weighted by molar-refractivity contribution is 7.13. The molecule has 0 atom stereocenters. The molecule has 3 heterocycles. The maximum atomic E-state index is 4.41. The standard InChI is InChI=1S/C11H17N3S/c1-4-12-5-2-11(1)3-7-14(9-11)10-13-6-8-15-10/h6,8,12H,1-5,7,9H2. The molecule has 0 radical (unpaired) electrons. The predicted octanol–water partition coefficient (Wildman–Crippen LogP) is 1.72. The zero-order valence-corrected chi connectivity index (χ0v) is 9.72. The number of hydrogen-bond acceptors (Lipinski definition) is 4. The van der Waals surface area contributed by atoms with Crippen molar-refractivity contribution in [3.05, 3.63) is 11.6 Å². The maximum Gasteiger partial charge on any atom is 0.185 e. The molecule has 0 amide bonds. The highest BCUT2D eigenvalue weighted by Crippen LogP contribution is 2.40. The average molecular weight is 223 g/mol. The molecular formula is C11H17N3S. The van der Waals surface area contributed by atoms with Gasteiger partial charge in [-0.05, 0) is 37.8 Å². The Bertz CT molecular complexity index is 317. The molecule has 0 saturated carbocycles. The van der Waals surface area contributed by atoms with Crippen LogP contribution in [0.4, 0.5) is 5.13 Å². The molecule has 82 valence electrons. The molecule has 15 heavy (non-hydrogen) atoms. The molecule has 3 nitrogen and oxygen atoms in total. The Labute approximate surface area is 94.5 Å². The van der Waals surface area contributed by atoms with E-state index in [0.29, 0.717) is 5.41 Å². The molecule has 2 aliphatic rings. The van der Waals surface area contributed by atoms with Crippen molar-refractivity contribution in [3.63, 3.8) is 0 Å². The molecule has 2 aliphatic heterocycles. The number of nitrogens with zero attached hydrogens (tertiary/aromatic N) is 2. The van der Waals surface area contributed by atoms with E-state index in [1.165, 1.54) is 50.6 Å². The predicted molar refractivity (Wildman–Crippen MR) is 63.5 cm³/mol. The number of aromatic nitrogens is 1. The summed E-state index contributed by atoms with van der Waals surface area (Å²) in [4.78, 5) is 6.87. The van der Waals surface area contributed by atoms with Gasteiger partial charge in [0.1, 0.15) is 0 Å². The number of rotatable bonds is 1. The molecule has 3 rings (SSSR count). The lowest BCUT2D eigenvalue weighted by atomic mass is 9.78. The van der Waals surface area contributed by atoms with Crippen molar-refractivity contribution >= 4 is 16.5 Å². The Morgan fingerprint density at radius 2 is 2.20 bits per heavy atom. The second kappa shape index (κ2) is 3.76. The van der Waals surface area contributed by atoms with Gasteiger partial charge in [0.2, 0.25) is 0 Å². The van der Waals surface area contributed by atoms with E-state index in [1.54, 1.807) is 11.3 Å². The minimum absolute atomic E-state index is 0.594. The van der Waals surface area contributed by atoms with Gasteiger partial charge in [0.25, 0.3) is 0 Å². The SMILES string of the molecule is c1csc(N2CCC3(CCNCC3)C2)n1. The normalized spacial score (nSPS) is 24.9. The van der Waals surface area contributed by atoms with Gasteiger partial charge in [0.05, 0.1) is 0 Å². The largest absolute Gasteiger partial charge is 0.348 e. The molecule has 1 aromatic rings. The van der Waals surface area contributed by atoms with Gasteiger partial charge in [0.15, 0.2) is 5.13 Å². The van der Waals surface area contributed by atoms with Gasteiger partial charge in [-0.25, -0.2) is 4.98 Å². The highest BCUT2D eigenvalue weighted by Gasteiger charge is 2.39. The van der Waals surface area contributed by atoms with E-state index in [9.17, 15) is 0 Å². The molecule has 0 aromatic carbocycles. The molecule has 4 heteroatoms. The van der Waals surface area contributed by atoms with Crippen LogP contribution in [0, 0.1) is 5.41 Å². The topological polar surface area (TPSA) is 28.2 Å². The van der Waals surface area contributed by atoms with E-state index in [2.05, 4.69) is 20.6 Å². The van der Waals surface area contributed by atoms with Gasteiger partial charge < -0.3 is 10.2 Å². The molecule has 1 N–H and O–H groups in total. The lowest BCUT2D eigenvalue weighted by Crippen LogP contribution is -2.38. The summed E-state index contributed by atoms with van der Waals surface area (Å²) in [5.74, 6) is 0. The Balaban J connectivity index is 1.72. The summed E-state index contributed by atoms with van der Waals surface area (Å²) in [6, 6.07) is 0. The van der Waals surface area contributed by atoms with Crippen molar-refractivity contribution in [1.82, 2.24) is 10.3 Å². The molecule has 1 spiro atoms. The molecule has 0 unspecified atom stereocenters. The third-order valence-corrected chi connectivity index (χ3v) is 4.62. The third-order valence-electron chi connectivity index (χ3n) is 3.79. The summed E-state index contributed by atoms with van der Waals surface area (Å²) in [5.41, 5.74) is 0.594. The van der Waals surface area contributed by atoms with Crippen molar-refractivity contribution in [1.29, 1.82) is 0 Å². The van der Waals surface area contributed by atoms with Crippen LogP contribution in [0.2, 0.25) is 0 Å². The van der Waals surface area contributed by atoms with Crippen LogP contribution in [-0.2, 0) is 0 Å². The van der Waals surface area contributed by atoms with Crippen molar-refractivity contribution < 1.29 is 0 Å². The van der Waals surface area contributed by atoms with E-state index in [4.69, 9.17) is 0 Å². The van der Waals surface area contributed by atoms with E-state index >= 15 is 0 Å². The van der Waals surface area contributed by atoms with Crippen LogP contribution in [-0.4, -0.2) is 31.2 Å². The van der Waals surface area contributed by atoms with Crippen LogP contribution in [0.3, 0.4) is 0 Å². The maximum absolute atomic E-state index is 4.41. The summed E-state index contributed by atoms with van der Waals surface area (Å²) in [7, 11) is 0. The van der Waals surface area contributed by atoms with Gasteiger partial charge in [-0.3, -0.25) is 0 Å². The summed E-state index contributed by atoms with van der Waals surface area (Å²) in [6.07, 6.45) is 5.95. The molecular weight excluding hydrogens is 206 g/mol. The Hall–Kier alpha value is -0.610. The summed E-state index contributed by atoms with van der Waals surface area (Å²) < 4.78 is 0. The Morgan fingerprint density at radius 1 is 1.33 bits per heavy atom. The minimum atomic E-state index is 0.594. The zero-order chi connectivity index (χ0) is 10.1. The molecule has 1 aromatic heterocycles. The third kappa shape index (κ3) is 1.76. The first-order valence-corrected chi connectivity index (χ1v) is 6.61. The Kier molecular flexibility index (Phi) is 2.41. The van der Waals surface area contributed by atoms with Crippen molar-refractivity contribution in [3.8, 4) is 0 Å². The second-order valence-electron chi connectivity index (χ2n) is 4.74. The fraction of sp³-hybridized carbons (Fsp3) is 0.727. The zero-order valence-electron chi connectivity index (χ0n) is 8.91. The number of thiazole rings is 1. The number of piperidine rings is 1. The van der Waals surface area contributed by atoms with Crippen molar-refractivity contribution in [2.45, 2.75) is 19.3 Å². The Morgan fingerprint density at radius 3 is 2.93 bits per heavy atom. The first-order chi connectivity index (χ1) is 7.38. The summed E-state index contributed by atoms with van der Waals surface area (Å²) in [5, 5.41) is 6.74. The van der Waals surface area contributed by atoms with Crippen LogP contribution >= 0.6 is 11.3 Å². The average Bonchev–Trinajstić information content (AvgIpc) is 2.88. The monoisotopic (exact) mass is 223 g/mol. The molecule has 2 fully saturated rings. The summed E-state index contributed by atoms with van der Waals surface area (Å²) in [6.45, 7) is 4.83. The van der Waals surface area contributed by atoms with Gasteiger partial charge in [-0.15, -0.1) is 11.3 Å². The number of nitrogens with one attached hydrogen (secondary N) is 1. The lowest BCUT2D eigenvalue weighted by Gasteiger charge is -2.33. The summed E-state index contributed by atoms with van der Waals surface area (Å²) >= 11 is 1.77. The van der Waals surface area contributed by atoms with Gasteiger partial charge in [-0.2, -0.15) is 0 Å². The quantitative estimate of drug-likeness (QED) is 0.786. The molecule has 0 aliphatic carbocycles. The van der Waals surface area contributed by atoms with Crippen LogP contribution in [0.5, 0.6) is 0 Å². The minimum Gasteiger partial charge on any atom is -0.348 e. The van der Waals surface area contributed by atoms with Crippen molar-refractivity contribution in [2.75, 3.05) is 31.1 Å². The van der Waals surface area contributed by atoms with Gasteiger partial charge in [-0.1, -0.05) is 0 Å². The smallest absolute Gasteiger partial charge is 0.185 e. The van der Waals surface area contributed by atoms with E-state index in [0.717, 1.165) is 0 Å². The van der Waals surface area contributed by atoms with Crippen LogP contribution < -0.4 is 10.2 Å². The first-order valence-electron chi connectivity index (χ1n) is 5.73. The lowest BCUT2D eigenvalue weighted by molar-refractivity contribution is 0.232. The second-order valence-corrected chi connectivity index (χ2v) is 5.61. The van der Waals surface area contributed by atoms with Gasteiger partial charge in [0, 0.05) is 24.7 Å². The fourth-order valence-electron chi connectivity index (χ4n) is 2.84. The van der Waals surface area contributed by atoms with E-state index in [-0.39, 0.29) is 0 Å². The fourth-order valence-corrected chi connectivity index (χ4v) is 3.51. The highest BCUT2D eigenvalue weighted by atomic mass is 32.1. The molecule has 2 saturated heterocycles. The van der Waals surface area contributed by atoms with Crippen LogP contribution in [0.1, 0.15) is 19.3 Å². The van der Waals surface area contributed by atoms with E-state index in [1.807, 2.05) is 6.20 Å². The number of anilines is 1. The van der Waals surface area contributed by atoms with Crippen LogP contribution in [0.15, 0.2) is 11.6 Å². The number of hydrogen-bond donors (Lipinski definition) is 1. The van der Waals surface area contributed by atoms with Crippen molar-refractivity contribution in [2.24, 2.45) is 5.41 Å². The first kappa shape index (κ1) is 9.60.